The first kappa shape index (κ1) is 20.6. The highest BCUT2D eigenvalue weighted by Crippen LogP contribution is 2.36. The average molecular weight is 460 g/mol. The fourth-order valence-corrected chi connectivity index (χ4v) is 4.89. The molecule has 1 atom stereocenters. The maximum atomic E-state index is 13.1. The Hall–Kier alpha value is -2.62. The SMILES string of the molecule is COc1ccc(C2CC(c3ccccc3Cl)=NN2C(=O)CSc2nnc(N)s2)cc1. The number of hydrazone groups is 1. The van der Waals surface area contributed by atoms with E-state index in [0.29, 0.717) is 20.9 Å². The van der Waals surface area contributed by atoms with Crippen molar-refractivity contribution >= 4 is 51.5 Å². The minimum absolute atomic E-state index is 0.128. The Balaban J connectivity index is 1.60. The predicted molar refractivity (Wildman–Crippen MR) is 120 cm³/mol. The zero-order valence-electron chi connectivity index (χ0n) is 16.0. The molecule has 0 fully saturated rings. The summed E-state index contributed by atoms with van der Waals surface area (Å²) in [4.78, 5) is 13.1. The molecule has 0 saturated heterocycles. The molecule has 154 valence electrons. The third-order valence-corrected chi connectivity index (χ3v) is 6.79. The summed E-state index contributed by atoms with van der Waals surface area (Å²) in [6, 6.07) is 15.0. The maximum absolute atomic E-state index is 13.1. The van der Waals surface area contributed by atoms with Gasteiger partial charge in [0.15, 0.2) is 4.34 Å². The molecule has 1 unspecified atom stereocenters. The van der Waals surface area contributed by atoms with Crippen molar-refractivity contribution in [1.82, 2.24) is 15.2 Å². The summed E-state index contributed by atoms with van der Waals surface area (Å²) in [6.07, 6.45) is 0.568. The minimum Gasteiger partial charge on any atom is -0.497 e. The molecular weight excluding hydrogens is 442 g/mol. The molecule has 10 heteroatoms. The van der Waals surface area contributed by atoms with E-state index in [2.05, 4.69) is 15.3 Å². The number of benzene rings is 2. The molecule has 1 aromatic heterocycles. The van der Waals surface area contributed by atoms with Gasteiger partial charge < -0.3 is 10.5 Å². The Morgan fingerprint density at radius 2 is 2.03 bits per heavy atom. The van der Waals surface area contributed by atoms with Crippen molar-refractivity contribution in [3.63, 3.8) is 0 Å². The van der Waals surface area contributed by atoms with Gasteiger partial charge in [0.25, 0.3) is 5.91 Å². The number of amides is 1. The number of thioether (sulfide) groups is 1. The summed E-state index contributed by atoms with van der Waals surface area (Å²) in [6.45, 7) is 0. The van der Waals surface area contributed by atoms with Crippen molar-refractivity contribution in [3.8, 4) is 5.75 Å². The largest absolute Gasteiger partial charge is 0.497 e. The van der Waals surface area contributed by atoms with Crippen molar-refractivity contribution in [2.24, 2.45) is 5.10 Å². The molecule has 0 radical (unpaired) electrons. The molecule has 2 heterocycles. The molecule has 30 heavy (non-hydrogen) atoms. The summed E-state index contributed by atoms with van der Waals surface area (Å²) in [5.74, 6) is 0.809. The van der Waals surface area contributed by atoms with E-state index in [1.165, 1.54) is 28.1 Å². The van der Waals surface area contributed by atoms with E-state index in [1.54, 1.807) is 7.11 Å². The van der Waals surface area contributed by atoms with Gasteiger partial charge in [0.05, 0.1) is 24.6 Å². The fraction of sp³-hybridized carbons (Fsp3) is 0.200. The molecule has 1 aliphatic rings. The lowest BCUT2D eigenvalue weighted by Gasteiger charge is -2.22. The van der Waals surface area contributed by atoms with Gasteiger partial charge in [-0.05, 0) is 23.8 Å². The molecule has 0 saturated carbocycles. The van der Waals surface area contributed by atoms with Crippen LogP contribution >= 0.6 is 34.7 Å². The topological polar surface area (TPSA) is 93.7 Å². The van der Waals surface area contributed by atoms with Gasteiger partial charge in [0.1, 0.15) is 5.75 Å². The Morgan fingerprint density at radius 3 is 2.70 bits per heavy atom. The summed E-state index contributed by atoms with van der Waals surface area (Å²) in [7, 11) is 1.62. The van der Waals surface area contributed by atoms with Crippen LogP contribution in [0.4, 0.5) is 5.13 Å². The van der Waals surface area contributed by atoms with Gasteiger partial charge in [-0.25, -0.2) is 5.01 Å². The standard InChI is InChI=1S/C20H18ClN5O2S2/c1-28-13-8-6-12(7-9-13)17-10-16(14-4-2-3-5-15(14)21)25-26(17)18(27)11-29-20-24-23-19(22)30-20/h2-9,17H,10-11H2,1H3,(H2,22,23). The molecule has 1 amide bonds. The van der Waals surface area contributed by atoms with Crippen LogP contribution in [0.2, 0.25) is 5.02 Å². The zero-order chi connectivity index (χ0) is 21.1. The normalized spacial score (nSPS) is 15.9. The van der Waals surface area contributed by atoms with Crippen LogP contribution in [0.25, 0.3) is 0 Å². The third kappa shape index (κ3) is 4.43. The van der Waals surface area contributed by atoms with Gasteiger partial charge in [0.2, 0.25) is 5.13 Å². The van der Waals surface area contributed by atoms with Crippen LogP contribution in [0.5, 0.6) is 5.75 Å². The molecule has 4 rings (SSSR count). The monoisotopic (exact) mass is 459 g/mol. The summed E-state index contributed by atoms with van der Waals surface area (Å²) in [5, 5.41) is 14.9. The molecule has 0 bridgehead atoms. The highest BCUT2D eigenvalue weighted by molar-refractivity contribution is 8.01. The Bertz CT molecular complexity index is 1090. The third-order valence-electron chi connectivity index (χ3n) is 4.59. The Kier molecular flexibility index (Phi) is 6.21. The lowest BCUT2D eigenvalue weighted by atomic mass is 9.98. The summed E-state index contributed by atoms with van der Waals surface area (Å²) in [5.41, 5.74) is 8.20. The number of nitrogen functional groups attached to an aromatic ring is 1. The van der Waals surface area contributed by atoms with Crippen LogP contribution in [0.15, 0.2) is 58.0 Å². The minimum atomic E-state index is -0.227. The van der Waals surface area contributed by atoms with E-state index < -0.39 is 0 Å². The van der Waals surface area contributed by atoms with E-state index in [1.807, 2.05) is 48.5 Å². The Morgan fingerprint density at radius 1 is 1.27 bits per heavy atom. The van der Waals surface area contributed by atoms with Crippen LogP contribution in [-0.4, -0.2) is 39.7 Å². The molecule has 1 aliphatic heterocycles. The van der Waals surface area contributed by atoms with Gasteiger partial charge in [-0.2, -0.15) is 5.10 Å². The van der Waals surface area contributed by atoms with Crippen molar-refractivity contribution in [2.75, 3.05) is 18.6 Å². The zero-order valence-corrected chi connectivity index (χ0v) is 18.4. The number of hydrogen-bond donors (Lipinski definition) is 1. The van der Waals surface area contributed by atoms with Crippen molar-refractivity contribution in [2.45, 2.75) is 16.8 Å². The number of halogens is 1. The number of methoxy groups -OCH3 is 1. The van der Waals surface area contributed by atoms with Crippen LogP contribution < -0.4 is 10.5 Å². The smallest absolute Gasteiger partial charge is 0.253 e. The lowest BCUT2D eigenvalue weighted by Crippen LogP contribution is -2.28. The number of hydrogen-bond acceptors (Lipinski definition) is 8. The first-order valence-electron chi connectivity index (χ1n) is 9.05. The van der Waals surface area contributed by atoms with E-state index in [0.717, 1.165) is 22.6 Å². The molecule has 0 aliphatic carbocycles. The number of rotatable bonds is 6. The van der Waals surface area contributed by atoms with Gasteiger partial charge in [-0.1, -0.05) is 65.0 Å². The van der Waals surface area contributed by atoms with Crippen LogP contribution in [-0.2, 0) is 4.79 Å². The number of carbonyl (C=O) groups excluding carboxylic acids is 1. The summed E-state index contributed by atoms with van der Waals surface area (Å²) < 4.78 is 5.90. The lowest BCUT2D eigenvalue weighted by molar-refractivity contribution is -0.130. The second-order valence-corrected chi connectivity index (χ2v) is 9.09. The quantitative estimate of drug-likeness (QED) is 0.554. The van der Waals surface area contributed by atoms with Gasteiger partial charge in [-0.3, -0.25) is 4.79 Å². The van der Waals surface area contributed by atoms with E-state index >= 15 is 0 Å². The molecule has 2 N–H and O–H groups in total. The molecule has 0 spiro atoms. The van der Waals surface area contributed by atoms with Crippen LogP contribution in [0, 0.1) is 0 Å². The van der Waals surface area contributed by atoms with Gasteiger partial charge in [-0.15, -0.1) is 10.2 Å². The first-order chi connectivity index (χ1) is 14.5. The van der Waals surface area contributed by atoms with E-state index in [4.69, 9.17) is 22.1 Å². The average Bonchev–Trinajstić information content (AvgIpc) is 3.39. The number of nitrogens with two attached hydrogens (primary N) is 1. The van der Waals surface area contributed by atoms with Gasteiger partial charge >= 0.3 is 0 Å². The number of nitrogens with zero attached hydrogens (tertiary/aromatic N) is 4. The maximum Gasteiger partial charge on any atom is 0.253 e. The first-order valence-corrected chi connectivity index (χ1v) is 11.2. The molecule has 7 nitrogen and oxygen atoms in total. The number of aromatic nitrogens is 2. The highest BCUT2D eigenvalue weighted by atomic mass is 35.5. The molecule has 3 aromatic rings. The number of anilines is 1. The second-order valence-electron chi connectivity index (χ2n) is 6.45. The highest BCUT2D eigenvalue weighted by Gasteiger charge is 2.33. The molecular formula is C20H18ClN5O2S2. The number of ether oxygens (including phenoxy) is 1. The van der Waals surface area contributed by atoms with E-state index in [9.17, 15) is 4.79 Å². The summed E-state index contributed by atoms with van der Waals surface area (Å²) >= 11 is 8.93. The van der Waals surface area contributed by atoms with Crippen molar-refractivity contribution in [1.29, 1.82) is 0 Å². The fourth-order valence-electron chi connectivity index (χ4n) is 3.15. The van der Waals surface area contributed by atoms with Crippen molar-refractivity contribution in [3.05, 3.63) is 64.7 Å². The van der Waals surface area contributed by atoms with Crippen LogP contribution in [0.3, 0.4) is 0 Å². The Labute approximate surface area is 186 Å². The molecule has 2 aromatic carbocycles. The van der Waals surface area contributed by atoms with E-state index in [-0.39, 0.29) is 17.7 Å². The van der Waals surface area contributed by atoms with Gasteiger partial charge in [0, 0.05) is 17.0 Å². The number of carbonyl (C=O) groups is 1. The van der Waals surface area contributed by atoms with Crippen molar-refractivity contribution < 1.29 is 9.53 Å². The van der Waals surface area contributed by atoms with Crippen LogP contribution in [0.1, 0.15) is 23.6 Å². The second kappa shape index (κ2) is 9.03. The predicted octanol–water partition coefficient (Wildman–Crippen LogP) is 4.25.